The number of alkyl carbamates (subject to hydrolysis) is 2. The second-order valence-electron chi connectivity index (χ2n) is 12.0. The fourth-order valence-corrected chi connectivity index (χ4v) is 3.73. The minimum atomic E-state index is -1.09. The van der Waals surface area contributed by atoms with Crippen molar-refractivity contribution in [2.24, 2.45) is 0 Å². The van der Waals surface area contributed by atoms with Crippen LogP contribution in [-0.2, 0) is 41.4 Å². The number of amides is 2. The monoisotopic (exact) mass is 712 g/mol. The Hall–Kier alpha value is -5.68. The van der Waals surface area contributed by atoms with Gasteiger partial charge >= 0.3 is 35.5 Å². The number of nitrogens with one attached hydrogen (secondary N) is 2. The number of nitro benzene ring substituents is 2. The Morgan fingerprint density at radius 1 is 0.680 bits per heavy atom. The summed E-state index contributed by atoms with van der Waals surface area (Å²) in [5, 5.41) is 45.3. The number of rotatable bonds is 10. The Bertz CT molecular complexity index is 1390. The highest BCUT2D eigenvalue weighted by molar-refractivity contribution is 5.82. The van der Waals surface area contributed by atoms with E-state index < -0.39 is 80.1 Å². The van der Waals surface area contributed by atoms with E-state index in [4.69, 9.17) is 9.47 Å². The van der Waals surface area contributed by atoms with Crippen LogP contribution in [0.1, 0.15) is 67.5 Å². The smallest absolute Gasteiger partial charge is 0.408 e. The van der Waals surface area contributed by atoms with Crippen LogP contribution in [0.3, 0.4) is 0 Å². The number of nitro groups is 2. The first kappa shape index (κ1) is 46.4. The van der Waals surface area contributed by atoms with Crippen LogP contribution in [-0.4, -0.2) is 81.7 Å². The van der Waals surface area contributed by atoms with E-state index in [-0.39, 0.29) is 27.7 Å². The van der Waals surface area contributed by atoms with Gasteiger partial charge in [0.05, 0.1) is 24.1 Å². The van der Waals surface area contributed by atoms with Gasteiger partial charge in [-0.3, -0.25) is 20.2 Å². The molecule has 0 aliphatic rings. The van der Waals surface area contributed by atoms with Crippen molar-refractivity contribution in [3.63, 3.8) is 0 Å². The number of ether oxygens (including phenoxy) is 4. The molecule has 0 heterocycles. The average Bonchev–Trinajstić information content (AvgIpc) is 2.95. The van der Waals surface area contributed by atoms with E-state index >= 15 is 0 Å². The van der Waals surface area contributed by atoms with Crippen molar-refractivity contribution in [1.29, 1.82) is 0 Å². The number of methoxy groups -OCH3 is 2. The zero-order valence-corrected chi connectivity index (χ0v) is 27.7. The molecule has 2 aromatic carbocycles. The van der Waals surface area contributed by atoms with Gasteiger partial charge < -0.3 is 39.8 Å². The molecule has 0 radical (unpaired) electrons. The first-order valence-electron chi connectivity index (χ1n) is 14.1. The highest BCUT2D eigenvalue weighted by Gasteiger charge is 2.28. The number of nitrogens with zero attached hydrogens (tertiary/aromatic N) is 2. The predicted molar refractivity (Wildman–Crippen MR) is 181 cm³/mol. The van der Waals surface area contributed by atoms with Gasteiger partial charge in [0.2, 0.25) is 0 Å². The molecule has 50 heavy (non-hydrogen) atoms. The zero-order valence-electron chi connectivity index (χ0n) is 27.7. The molecule has 2 atom stereocenters. The van der Waals surface area contributed by atoms with Gasteiger partial charge in [-0.25, -0.2) is 19.2 Å². The molecule has 0 spiro atoms. The molecule has 0 saturated heterocycles. The number of esters is 2. The van der Waals surface area contributed by atoms with Crippen molar-refractivity contribution >= 4 is 35.5 Å². The second kappa shape index (κ2) is 20.0. The lowest BCUT2D eigenvalue weighted by Crippen LogP contribution is -2.45. The molecule has 0 aromatic heterocycles. The van der Waals surface area contributed by atoms with Gasteiger partial charge in [-0.2, -0.15) is 0 Å². The summed E-state index contributed by atoms with van der Waals surface area (Å²) in [7, 11) is 2.32. The van der Waals surface area contributed by atoms with E-state index in [1.165, 1.54) is 12.1 Å². The number of hydrogen-bond donors (Lipinski definition) is 4. The molecule has 4 N–H and O–H groups in total. The lowest BCUT2D eigenvalue weighted by atomic mass is 10.0. The molecule has 2 amide bonds. The molecule has 18 nitrogen and oxygen atoms in total. The SMILES string of the molecule is C.C.COC(=O)[C@H](Cc1ccc(O)c([N+](=O)[O-])c1)NC(=O)OC(C)(C)C.COC(=O)[C@H](Cc1ccc(O)c([N+](=O)[O-])c1)NC(=O)OC(C)(C)C. The average molecular weight is 713 g/mol. The van der Waals surface area contributed by atoms with Gasteiger partial charge in [0, 0.05) is 25.0 Å². The maximum atomic E-state index is 11.8. The molecule has 0 aliphatic heterocycles. The third-order valence-electron chi connectivity index (χ3n) is 5.71. The number of phenolic OH excluding ortho intramolecular Hbond substituents is 2. The topological polar surface area (TPSA) is 256 Å². The lowest BCUT2D eigenvalue weighted by Gasteiger charge is -2.22. The Labute approximate surface area is 290 Å². The Morgan fingerprint density at radius 3 is 1.22 bits per heavy atom. The van der Waals surface area contributed by atoms with Crippen LogP contribution < -0.4 is 10.6 Å². The second-order valence-corrected chi connectivity index (χ2v) is 12.0. The highest BCUT2D eigenvalue weighted by Crippen LogP contribution is 2.28. The summed E-state index contributed by atoms with van der Waals surface area (Å²) in [6.07, 6.45) is -1.75. The molecule has 0 unspecified atom stereocenters. The van der Waals surface area contributed by atoms with Crippen molar-refractivity contribution in [1.82, 2.24) is 10.6 Å². The summed E-state index contributed by atoms with van der Waals surface area (Å²) in [4.78, 5) is 67.5. The van der Waals surface area contributed by atoms with Gasteiger partial charge in [0.25, 0.3) is 0 Å². The molecule has 0 bridgehead atoms. The molecular weight excluding hydrogens is 664 g/mol. The Morgan fingerprint density at radius 2 is 0.980 bits per heavy atom. The first-order valence-corrected chi connectivity index (χ1v) is 14.1. The minimum absolute atomic E-state index is 0. The minimum Gasteiger partial charge on any atom is -0.502 e. The predicted octanol–water partition coefficient (Wildman–Crippen LogP) is 5.09. The maximum absolute atomic E-state index is 11.8. The van der Waals surface area contributed by atoms with Crippen molar-refractivity contribution in [3.8, 4) is 11.5 Å². The third kappa shape index (κ3) is 16.4. The summed E-state index contributed by atoms with van der Waals surface area (Å²) in [6.45, 7) is 10.0. The number of carbonyl (C=O) groups excluding carboxylic acids is 4. The Kier molecular flexibility index (Phi) is 18.6. The first-order chi connectivity index (χ1) is 22.1. The van der Waals surface area contributed by atoms with Gasteiger partial charge in [-0.15, -0.1) is 0 Å². The van der Waals surface area contributed by atoms with Crippen LogP contribution in [0.4, 0.5) is 21.0 Å². The quantitative estimate of drug-likeness (QED) is 0.108. The van der Waals surface area contributed by atoms with Crippen LogP contribution in [0.2, 0.25) is 0 Å². The summed E-state index contributed by atoms with van der Waals surface area (Å²) in [5.74, 6) is -2.43. The summed E-state index contributed by atoms with van der Waals surface area (Å²) in [6, 6.07) is 5.20. The number of benzene rings is 2. The van der Waals surface area contributed by atoms with Gasteiger partial charge in [0.1, 0.15) is 23.3 Å². The van der Waals surface area contributed by atoms with Crippen molar-refractivity contribution in [3.05, 3.63) is 67.8 Å². The van der Waals surface area contributed by atoms with Crippen LogP contribution in [0.25, 0.3) is 0 Å². The van der Waals surface area contributed by atoms with Crippen LogP contribution in [0.5, 0.6) is 11.5 Å². The lowest BCUT2D eigenvalue weighted by molar-refractivity contribution is -0.386. The largest absolute Gasteiger partial charge is 0.502 e. The van der Waals surface area contributed by atoms with Gasteiger partial charge in [0.15, 0.2) is 11.5 Å². The van der Waals surface area contributed by atoms with E-state index in [1.807, 2.05) is 0 Å². The highest BCUT2D eigenvalue weighted by atomic mass is 16.6. The fraction of sp³-hybridized carbons (Fsp3) is 0.500. The van der Waals surface area contributed by atoms with Crippen molar-refractivity contribution in [2.45, 2.75) is 92.5 Å². The molecule has 0 aliphatic carbocycles. The Balaban J connectivity index is 0. The van der Waals surface area contributed by atoms with Crippen LogP contribution in [0.15, 0.2) is 36.4 Å². The van der Waals surface area contributed by atoms with E-state index in [0.717, 1.165) is 38.5 Å². The molecule has 280 valence electrons. The van der Waals surface area contributed by atoms with Crippen LogP contribution in [0, 0.1) is 20.2 Å². The van der Waals surface area contributed by atoms with E-state index in [9.17, 15) is 49.6 Å². The van der Waals surface area contributed by atoms with Crippen LogP contribution >= 0.6 is 0 Å². The summed E-state index contributed by atoms with van der Waals surface area (Å²) in [5.41, 5.74) is -1.75. The summed E-state index contributed by atoms with van der Waals surface area (Å²) >= 11 is 0. The molecule has 0 saturated carbocycles. The van der Waals surface area contributed by atoms with Crippen molar-refractivity contribution in [2.75, 3.05) is 14.2 Å². The third-order valence-corrected chi connectivity index (χ3v) is 5.71. The standard InChI is InChI=1S/2C15H20N2O7.2CH4/c2*1-15(2,3)24-14(20)16-10(13(19)23-4)7-9-5-6-12(18)11(8-9)17(21)22;;/h2*5-6,8,10,18H,7H2,1-4H3,(H,16,20);2*1H4/t2*10-;;/m00../s1. The maximum Gasteiger partial charge on any atom is 0.408 e. The zero-order chi connectivity index (χ0) is 37.0. The summed E-state index contributed by atoms with van der Waals surface area (Å²) < 4.78 is 19.4. The molecule has 2 rings (SSSR count). The number of phenols is 2. The molecule has 2 aromatic rings. The fourth-order valence-electron chi connectivity index (χ4n) is 3.73. The number of aromatic hydroxyl groups is 2. The molecular formula is C32H48N4O14. The molecule has 0 fully saturated rings. The van der Waals surface area contributed by atoms with Gasteiger partial charge in [-0.05, 0) is 64.8 Å². The molecule has 18 heteroatoms. The van der Waals surface area contributed by atoms with E-state index in [0.29, 0.717) is 11.1 Å². The van der Waals surface area contributed by atoms with E-state index in [1.54, 1.807) is 41.5 Å². The number of hydrogen-bond acceptors (Lipinski definition) is 14. The van der Waals surface area contributed by atoms with Crippen molar-refractivity contribution < 1.29 is 58.2 Å². The van der Waals surface area contributed by atoms with E-state index in [2.05, 4.69) is 20.1 Å². The number of carbonyl (C=O) groups is 4. The normalized spacial score (nSPS) is 11.7. The van der Waals surface area contributed by atoms with Gasteiger partial charge in [-0.1, -0.05) is 27.0 Å².